The number of rotatable bonds is 3. The molecule has 2 unspecified atom stereocenters. The van der Waals surface area contributed by atoms with Crippen molar-refractivity contribution < 1.29 is 9.47 Å². The molecule has 1 aromatic rings. The second-order valence-corrected chi connectivity index (χ2v) is 4.91. The van der Waals surface area contributed by atoms with Crippen LogP contribution in [0.1, 0.15) is 13.3 Å². The molecule has 0 bridgehead atoms. The van der Waals surface area contributed by atoms with Gasteiger partial charge in [-0.25, -0.2) is 0 Å². The number of nitrogens with two attached hydrogens (primary N) is 1. The van der Waals surface area contributed by atoms with E-state index in [0.717, 1.165) is 36.7 Å². The summed E-state index contributed by atoms with van der Waals surface area (Å²) in [5.74, 6) is 2.24. The molecule has 1 heterocycles. The smallest absolute Gasteiger partial charge is 0.142 e. The van der Waals surface area contributed by atoms with Gasteiger partial charge >= 0.3 is 0 Å². The SMILES string of the molecule is COc1ccc(OC)c(N2CCC(N)C(C)C2)c1. The molecular weight excluding hydrogens is 228 g/mol. The molecule has 4 heteroatoms. The number of nitrogens with zero attached hydrogens (tertiary/aromatic N) is 1. The third-order valence-corrected chi connectivity index (χ3v) is 3.70. The predicted octanol–water partition coefficient (Wildman–Crippen LogP) is 1.88. The fourth-order valence-corrected chi connectivity index (χ4v) is 2.43. The number of benzene rings is 1. The Morgan fingerprint density at radius 3 is 2.67 bits per heavy atom. The second-order valence-electron chi connectivity index (χ2n) is 4.91. The molecule has 18 heavy (non-hydrogen) atoms. The number of methoxy groups -OCH3 is 2. The molecule has 1 aliphatic heterocycles. The van der Waals surface area contributed by atoms with Gasteiger partial charge in [0.25, 0.3) is 0 Å². The zero-order valence-electron chi connectivity index (χ0n) is 11.3. The number of anilines is 1. The summed E-state index contributed by atoms with van der Waals surface area (Å²) >= 11 is 0. The molecule has 1 saturated heterocycles. The molecule has 0 aliphatic carbocycles. The summed E-state index contributed by atoms with van der Waals surface area (Å²) in [7, 11) is 3.38. The van der Waals surface area contributed by atoms with E-state index < -0.39 is 0 Å². The van der Waals surface area contributed by atoms with E-state index in [-0.39, 0.29) is 0 Å². The Kier molecular flexibility index (Phi) is 3.97. The van der Waals surface area contributed by atoms with E-state index in [9.17, 15) is 0 Å². The van der Waals surface area contributed by atoms with Crippen LogP contribution in [-0.2, 0) is 0 Å². The summed E-state index contributed by atoms with van der Waals surface area (Å²) in [5.41, 5.74) is 7.16. The standard InChI is InChI=1S/C14H22N2O2/c1-10-9-16(7-6-12(10)15)13-8-11(17-2)4-5-14(13)18-3/h4-5,8,10,12H,6-7,9,15H2,1-3H3. The molecular formula is C14H22N2O2. The highest BCUT2D eigenvalue weighted by atomic mass is 16.5. The summed E-state index contributed by atoms with van der Waals surface area (Å²) in [6.07, 6.45) is 1.02. The summed E-state index contributed by atoms with van der Waals surface area (Å²) in [4.78, 5) is 2.33. The fourth-order valence-electron chi connectivity index (χ4n) is 2.43. The summed E-state index contributed by atoms with van der Waals surface area (Å²) in [5, 5.41) is 0. The van der Waals surface area contributed by atoms with E-state index in [1.165, 1.54) is 0 Å². The van der Waals surface area contributed by atoms with Crippen molar-refractivity contribution in [2.45, 2.75) is 19.4 Å². The first-order valence-electron chi connectivity index (χ1n) is 6.38. The van der Waals surface area contributed by atoms with E-state index in [2.05, 4.69) is 11.8 Å². The van der Waals surface area contributed by atoms with Crippen molar-refractivity contribution in [1.82, 2.24) is 0 Å². The van der Waals surface area contributed by atoms with Gasteiger partial charge in [0.15, 0.2) is 0 Å². The molecule has 1 aliphatic rings. The van der Waals surface area contributed by atoms with Gasteiger partial charge in [-0.3, -0.25) is 0 Å². The normalized spacial score (nSPS) is 23.9. The fraction of sp³-hybridized carbons (Fsp3) is 0.571. The molecule has 0 amide bonds. The highest BCUT2D eigenvalue weighted by Gasteiger charge is 2.25. The van der Waals surface area contributed by atoms with E-state index >= 15 is 0 Å². The molecule has 2 atom stereocenters. The van der Waals surface area contributed by atoms with Gasteiger partial charge in [-0.05, 0) is 24.5 Å². The molecule has 0 saturated carbocycles. The monoisotopic (exact) mass is 250 g/mol. The zero-order chi connectivity index (χ0) is 13.1. The molecule has 2 rings (SSSR count). The van der Waals surface area contributed by atoms with Crippen LogP contribution in [0.4, 0.5) is 5.69 Å². The average molecular weight is 250 g/mol. The van der Waals surface area contributed by atoms with E-state index in [1.807, 2.05) is 18.2 Å². The quantitative estimate of drug-likeness (QED) is 0.889. The van der Waals surface area contributed by atoms with E-state index in [4.69, 9.17) is 15.2 Å². The van der Waals surface area contributed by atoms with Crippen LogP contribution in [0, 0.1) is 5.92 Å². The van der Waals surface area contributed by atoms with Crippen LogP contribution < -0.4 is 20.1 Å². The molecule has 1 fully saturated rings. The van der Waals surface area contributed by atoms with Gasteiger partial charge in [0.05, 0.1) is 19.9 Å². The third kappa shape index (κ3) is 2.53. The lowest BCUT2D eigenvalue weighted by Crippen LogP contribution is -2.46. The maximum Gasteiger partial charge on any atom is 0.142 e. The second kappa shape index (κ2) is 5.48. The lowest BCUT2D eigenvalue weighted by Gasteiger charge is -2.37. The first kappa shape index (κ1) is 13.0. The minimum Gasteiger partial charge on any atom is -0.497 e. The largest absolute Gasteiger partial charge is 0.497 e. The molecule has 2 N–H and O–H groups in total. The first-order chi connectivity index (χ1) is 8.65. The van der Waals surface area contributed by atoms with Crippen molar-refractivity contribution in [1.29, 1.82) is 0 Å². The van der Waals surface area contributed by atoms with Crippen molar-refractivity contribution in [2.24, 2.45) is 11.7 Å². The maximum absolute atomic E-state index is 6.06. The van der Waals surface area contributed by atoms with Gasteiger partial charge < -0.3 is 20.1 Å². The Balaban J connectivity index is 2.25. The molecule has 0 aromatic heterocycles. The maximum atomic E-state index is 6.06. The van der Waals surface area contributed by atoms with E-state index in [1.54, 1.807) is 14.2 Å². The first-order valence-corrected chi connectivity index (χ1v) is 6.38. The topological polar surface area (TPSA) is 47.7 Å². The van der Waals surface area contributed by atoms with Crippen LogP contribution in [0.2, 0.25) is 0 Å². The van der Waals surface area contributed by atoms with Crippen molar-refractivity contribution in [3.63, 3.8) is 0 Å². The van der Waals surface area contributed by atoms with Gasteiger partial charge in [-0.2, -0.15) is 0 Å². The highest BCUT2D eigenvalue weighted by molar-refractivity contribution is 5.62. The van der Waals surface area contributed by atoms with Gasteiger partial charge in [0.2, 0.25) is 0 Å². The van der Waals surface area contributed by atoms with E-state index in [0.29, 0.717) is 12.0 Å². The van der Waals surface area contributed by atoms with Crippen molar-refractivity contribution in [3.05, 3.63) is 18.2 Å². The molecule has 100 valence electrons. The molecule has 1 aromatic carbocycles. The predicted molar refractivity (Wildman–Crippen MR) is 73.5 cm³/mol. The Morgan fingerprint density at radius 1 is 1.28 bits per heavy atom. The Bertz CT molecular complexity index is 409. The Morgan fingerprint density at radius 2 is 2.06 bits per heavy atom. The highest BCUT2D eigenvalue weighted by Crippen LogP contribution is 2.34. The number of ether oxygens (including phenoxy) is 2. The van der Waals surface area contributed by atoms with Gasteiger partial charge in [-0.1, -0.05) is 6.92 Å². The summed E-state index contributed by atoms with van der Waals surface area (Å²) < 4.78 is 10.7. The molecule has 0 radical (unpaired) electrons. The summed E-state index contributed by atoms with van der Waals surface area (Å²) in [6.45, 7) is 4.13. The zero-order valence-corrected chi connectivity index (χ0v) is 11.3. The van der Waals surface area contributed by atoms with Gasteiger partial charge in [0, 0.05) is 25.2 Å². The number of hydrogen-bond donors (Lipinski definition) is 1. The molecule has 4 nitrogen and oxygen atoms in total. The van der Waals surface area contributed by atoms with Crippen LogP contribution in [0.5, 0.6) is 11.5 Å². The van der Waals surface area contributed by atoms with Crippen molar-refractivity contribution in [3.8, 4) is 11.5 Å². The Labute approximate surface area is 109 Å². The number of piperidine rings is 1. The third-order valence-electron chi connectivity index (χ3n) is 3.70. The Hall–Kier alpha value is -1.42. The summed E-state index contributed by atoms with van der Waals surface area (Å²) in [6, 6.07) is 6.20. The lowest BCUT2D eigenvalue weighted by atomic mass is 9.94. The van der Waals surface area contributed by atoms with Crippen LogP contribution in [0.15, 0.2) is 18.2 Å². The minimum absolute atomic E-state index is 0.304. The lowest BCUT2D eigenvalue weighted by molar-refractivity contribution is 0.372. The molecule has 0 spiro atoms. The van der Waals surface area contributed by atoms with Crippen LogP contribution in [-0.4, -0.2) is 33.4 Å². The number of hydrogen-bond acceptors (Lipinski definition) is 4. The van der Waals surface area contributed by atoms with Gasteiger partial charge in [-0.15, -0.1) is 0 Å². The average Bonchev–Trinajstić information content (AvgIpc) is 2.41. The van der Waals surface area contributed by atoms with Crippen molar-refractivity contribution >= 4 is 5.69 Å². The minimum atomic E-state index is 0.304. The van der Waals surface area contributed by atoms with Crippen LogP contribution >= 0.6 is 0 Å². The van der Waals surface area contributed by atoms with Crippen molar-refractivity contribution in [2.75, 3.05) is 32.2 Å². The van der Waals surface area contributed by atoms with Crippen LogP contribution in [0.25, 0.3) is 0 Å². The van der Waals surface area contributed by atoms with Crippen LogP contribution in [0.3, 0.4) is 0 Å². The van der Waals surface area contributed by atoms with Gasteiger partial charge in [0.1, 0.15) is 11.5 Å².